The zero-order chi connectivity index (χ0) is 21.8. The Morgan fingerprint density at radius 3 is 2.52 bits per heavy atom. The van der Waals surface area contributed by atoms with E-state index in [1.165, 1.54) is 29.2 Å². The summed E-state index contributed by atoms with van der Waals surface area (Å²) in [5, 5.41) is 17.7. The van der Waals surface area contributed by atoms with Crippen LogP contribution in [0.15, 0.2) is 60.9 Å². The minimum absolute atomic E-state index is 0.0274. The first-order chi connectivity index (χ1) is 15.0. The van der Waals surface area contributed by atoms with Gasteiger partial charge in [-0.3, -0.25) is 19.7 Å². The summed E-state index contributed by atoms with van der Waals surface area (Å²) in [4.78, 5) is 37.3. The van der Waals surface area contributed by atoms with E-state index < -0.39 is 4.92 Å². The van der Waals surface area contributed by atoms with Gasteiger partial charge in [-0.2, -0.15) is 5.10 Å². The highest BCUT2D eigenvalue weighted by molar-refractivity contribution is 6.05. The van der Waals surface area contributed by atoms with Crippen LogP contribution in [-0.4, -0.2) is 57.7 Å². The van der Waals surface area contributed by atoms with Crippen LogP contribution in [0.1, 0.15) is 20.7 Å². The van der Waals surface area contributed by atoms with Gasteiger partial charge in [-0.25, -0.2) is 4.68 Å². The predicted octanol–water partition coefficient (Wildman–Crippen LogP) is 2.51. The van der Waals surface area contributed by atoms with E-state index >= 15 is 0 Å². The van der Waals surface area contributed by atoms with Crippen LogP contribution in [0.5, 0.6) is 0 Å². The zero-order valence-corrected chi connectivity index (χ0v) is 16.4. The number of carbonyl (C=O) groups excluding carboxylic acids is 2. The van der Waals surface area contributed by atoms with Gasteiger partial charge in [0.1, 0.15) is 0 Å². The Kier molecular flexibility index (Phi) is 5.72. The molecule has 1 N–H and O–H groups in total. The van der Waals surface area contributed by atoms with Gasteiger partial charge >= 0.3 is 0 Å². The summed E-state index contributed by atoms with van der Waals surface area (Å²) in [6.45, 7) is 2.11. The summed E-state index contributed by atoms with van der Waals surface area (Å²) in [7, 11) is 0. The molecule has 10 nitrogen and oxygen atoms in total. The Hall–Kier alpha value is -4.05. The lowest BCUT2D eigenvalue weighted by atomic mass is 10.1. The summed E-state index contributed by atoms with van der Waals surface area (Å²) in [6.07, 6.45) is 2.93. The number of nitro groups is 1. The molecular formula is C21H19N5O5. The Labute approximate surface area is 177 Å². The van der Waals surface area contributed by atoms with Gasteiger partial charge in [0, 0.05) is 42.7 Å². The topological polar surface area (TPSA) is 120 Å². The molecule has 158 valence electrons. The first kappa shape index (κ1) is 20.2. The molecule has 1 aliphatic rings. The van der Waals surface area contributed by atoms with Crippen molar-refractivity contribution in [1.29, 1.82) is 0 Å². The van der Waals surface area contributed by atoms with E-state index in [1.807, 2.05) is 0 Å². The molecule has 31 heavy (non-hydrogen) atoms. The zero-order valence-electron chi connectivity index (χ0n) is 16.4. The highest BCUT2D eigenvalue weighted by Crippen LogP contribution is 2.17. The first-order valence-electron chi connectivity index (χ1n) is 9.59. The van der Waals surface area contributed by atoms with Crippen molar-refractivity contribution in [1.82, 2.24) is 14.7 Å². The number of anilines is 1. The maximum Gasteiger partial charge on any atom is 0.269 e. The maximum atomic E-state index is 12.6. The van der Waals surface area contributed by atoms with E-state index in [1.54, 1.807) is 41.3 Å². The summed E-state index contributed by atoms with van der Waals surface area (Å²) in [6, 6.07) is 12.6. The summed E-state index contributed by atoms with van der Waals surface area (Å²) >= 11 is 0. The van der Waals surface area contributed by atoms with Crippen LogP contribution < -0.4 is 5.32 Å². The van der Waals surface area contributed by atoms with E-state index in [0.717, 1.165) is 0 Å². The Morgan fingerprint density at radius 2 is 1.81 bits per heavy atom. The molecule has 0 spiro atoms. The Balaban J connectivity index is 1.45. The van der Waals surface area contributed by atoms with Crippen LogP contribution in [0, 0.1) is 10.1 Å². The summed E-state index contributed by atoms with van der Waals surface area (Å²) in [5.74, 6) is -0.491. The molecule has 10 heteroatoms. The normalized spacial score (nSPS) is 13.6. The molecule has 1 fully saturated rings. The van der Waals surface area contributed by atoms with Gasteiger partial charge < -0.3 is 15.0 Å². The van der Waals surface area contributed by atoms with Crippen LogP contribution in [-0.2, 0) is 4.74 Å². The summed E-state index contributed by atoms with van der Waals surface area (Å²) in [5.41, 5.74) is 1.85. The molecular weight excluding hydrogens is 402 g/mol. The smallest absolute Gasteiger partial charge is 0.269 e. The number of rotatable bonds is 5. The molecule has 1 aliphatic heterocycles. The highest BCUT2D eigenvalue weighted by Gasteiger charge is 2.19. The molecule has 2 heterocycles. The molecule has 0 unspecified atom stereocenters. The molecule has 1 saturated heterocycles. The second-order valence-electron chi connectivity index (χ2n) is 6.89. The monoisotopic (exact) mass is 421 g/mol. The Bertz CT molecular complexity index is 1120. The van der Waals surface area contributed by atoms with Crippen molar-refractivity contribution in [3.05, 3.63) is 82.2 Å². The number of non-ortho nitro benzene ring substituents is 1. The third kappa shape index (κ3) is 4.59. The van der Waals surface area contributed by atoms with Crippen molar-refractivity contribution in [3.8, 4) is 5.69 Å². The van der Waals surface area contributed by atoms with Crippen molar-refractivity contribution >= 4 is 23.2 Å². The third-order valence-electron chi connectivity index (χ3n) is 4.84. The second kappa shape index (κ2) is 8.76. The lowest BCUT2D eigenvalue weighted by Gasteiger charge is -2.27. The third-order valence-corrected chi connectivity index (χ3v) is 4.84. The number of nitrogens with zero attached hydrogens (tertiary/aromatic N) is 4. The number of morpholine rings is 1. The number of ether oxygens (including phenoxy) is 1. The number of benzene rings is 2. The molecule has 0 bridgehead atoms. The Morgan fingerprint density at radius 1 is 1.06 bits per heavy atom. The lowest BCUT2D eigenvalue weighted by Crippen LogP contribution is -2.40. The number of hydrogen-bond acceptors (Lipinski definition) is 6. The minimum atomic E-state index is -0.482. The van der Waals surface area contributed by atoms with E-state index in [2.05, 4.69) is 10.4 Å². The second-order valence-corrected chi connectivity index (χ2v) is 6.89. The van der Waals surface area contributed by atoms with Gasteiger partial charge in [-0.15, -0.1) is 0 Å². The number of carbonyl (C=O) groups is 2. The van der Waals surface area contributed by atoms with Crippen LogP contribution in [0.25, 0.3) is 5.69 Å². The molecule has 2 aromatic carbocycles. The fraction of sp³-hybridized carbons (Fsp3) is 0.190. The van der Waals surface area contributed by atoms with Crippen molar-refractivity contribution in [2.24, 2.45) is 0 Å². The highest BCUT2D eigenvalue weighted by atomic mass is 16.6. The van der Waals surface area contributed by atoms with E-state index in [-0.39, 0.29) is 17.5 Å². The molecule has 3 aromatic rings. The molecule has 0 saturated carbocycles. The quantitative estimate of drug-likeness (QED) is 0.499. The van der Waals surface area contributed by atoms with Crippen LogP contribution in [0.3, 0.4) is 0 Å². The van der Waals surface area contributed by atoms with Gasteiger partial charge in [-0.1, -0.05) is 6.07 Å². The standard InChI is InChI=1S/C21H19N5O5/c27-20(16-13-22-25(14-16)18-4-6-19(7-5-18)26(29)30)23-17-3-1-2-15(12-17)21(28)24-8-10-31-11-9-24/h1-7,12-14H,8-11H2,(H,23,27). The number of amides is 2. The van der Waals surface area contributed by atoms with E-state index in [9.17, 15) is 19.7 Å². The van der Waals surface area contributed by atoms with Gasteiger partial charge in [0.05, 0.1) is 35.6 Å². The van der Waals surface area contributed by atoms with E-state index in [4.69, 9.17) is 4.74 Å². The molecule has 0 atom stereocenters. The largest absolute Gasteiger partial charge is 0.378 e. The number of hydrogen-bond donors (Lipinski definition) is 1. The van der Waals surface area contributed by atoms with Crippen molar-refractivity contribution in [3.63, 3.8) is 0 Å². The lowest BCUT2D eigenvalue weighted by molar-refractivity contribution is -0.384. The average molecular weight is 421 g/mol. The number of nitro benzene ring substituents is 1. The number of aromatic nitrogens is 2. The average Bonchev–Trinajstić information content (AvgIpc) is 3.30. The minimum Gasteiger partial charge on any atom is -0.378 e. The first-order valence-corrected chi connectivity index (χ1v) is 9.59. The SMILES string of the molecule is O=C(Nc1cccc(C(=O)N2CCOCC2)c1)c1cnn(-c2ccc([N+](=O)[O-])cc2)c1. The molecule has 0 radical (unpaired) electrons. The van der Waals surface area contributed by atoms with E-state index in [0.29, 0.717) is 48.8 Å². The van der Waals surface area contributed by atoms with Gasteiger partial charge in [0.25, 0.3) is 17.5 Å². The summed E-state index contributed by atoms with van der Waals surface area (Å²) < 4.78 is 6.73. The number of nitrogens with one attached hydrogen (secondary N) is 1. The van der Waals surface area contributed by atoms with Crippen molar-refractivity contribution < 1.29 is 19.2 Å². The van der Waals surface area contributed by atoms with Crippen molar-refractivity contribution in [2.45, 2.75) is 0 Å². The van der Waals surface area contributed by atoms with Gasteiger partial charge in [0.15, 0.2) is 0 Å². The van der Waals surface area contributed by atoms with Crippen LogP contribution in [0.4, 0.5) is 11.4 Å². The fourth-order valence-corrected chi connectivity index (χ4v) is 3.19. The molecule has 1 aromatic heterocycles. The molecule has 0 aliphatic carbocycles. The molecule has 4 rings (SSSR count). The van der Waals surface area contributed by atoms with Gasteiger partial charge in [-0.05, 0) is 30.3 Å². The van der Waals surface area contributed by atoms with Crippen molar-refractivity contribution in [2.75, 3.05) is 31.6 Å². The van der Waals surface area contributed by atoms with Crippen LogP contribution >= 0.6 is 0 Å². The van der Waals surface area contributed by atoms with Gasteiger partial charge in [0.2, 0.25) is 0 Å². The molecule has 2 amide bonds. The fourth-order valence-electron chi connectivity index (χ4n) is 3.19. The van der Waals surface area contributed by atoms with Crippen LogP contribution in [0.2, 0.25) is 0 Å². The predicted molar refractivity (Wildman–Crippen MR) is 111 cm³/mol. The maximum absolute atomic E-state index is 12.6.